The Morgan fingerprint density at radius 2 is 1.60 bits per heavy atom. The van der Waals surface area contributed by atoms with Crippen LogP contribution in [0.25, 0.3) is 11.0 Å². The van der Waals surface area contributed by atoms with Crippen molar-refractivity contribution in [2.75, 3.05) is 20.6 Å². The Hall–Kier alpha value is -2.13. The fourth-order valence-corrected chi connectivity index (χ4v) is 3.73. The van der Waals surface area contributed by atoms with Crippen molar-refractivity contribution >= 4 is 11.0 Å². The molecule has 0 aliphatic carbocycles. The monoisotopic (exact) mass is 335 g/mol. The molecule has 0 fully saturated rings. The first kappa shape index (κ1) is 17.7. The van der Waals surface area contributed by atoms with Gasteiger partial charge in [0.1, 0.15) is 5.82 Å². The van der Waals surface area contributed by atoms with Crippen molar-refractivity contribution in [2.45, 2.75) is 33.2 Å². The number of hydrogen-bond acceptors (Lipinski definition) is 2. The van der Waals surface area contributed by atoms with Crippen LogP contribution in [0.1, 0.15) is 25.2 Å². The second-order valence-electron chi connectivity index (χ2n) is 7.99. The SMILES string of the molecule is CN(C)CC(C)(C)Cn1c(CCc2ccccc2)nc2ccccc21. The van der Waals surface area contributed by atoms with Crippen molar-refractivity contribution in [3.8, 4) is 0 Å². The average Bonchev–Trinajstić information content (AvgIpc) is 2.90. The fourth-order valence-electron chi connectivity index (χ4n) is 3.73. The summed E-state index contributed by atoms with van der Waals surface area (Å²) in [5.74, 6) is 1.19. The summed E-state index contributed by atoms with van der Waals surface area (Å²) in [5, 5.41) is 0. The molecule has 0 aliphatic heterocycles. The Bertz CT molecular complexity index is 816. The van der Waals surface area contributed by atoms with Crippen LogP contribution in [0, 0.1) is 5.41 Å². The number of nitrogens with zero attached hydrogens (tertiary/aromatic N) is 3. The smallest absolute Gasteiger partial charge is 0.110 e. The van der Waals surface area contributed by atoms with Crippen molar-refractivity contribution in [1.29, 1.82) is 0 Å². The van der Waals surface area contributed by atoms with Gasteiger partial charge in [-0.1, -0.05) is 56.3 Å². The van der Waals surface area contributed by atoms with Crippen LogP contribution in [0.4, 0.5) is 0 Å². The molecule has 0 spiro atoms. The predicted octanol–water partition coefficient (Wildman–Crippen LogP) is 4.41. The van der Waals surface area contributed by atoms with Crippen molar-refractivity contribution in [3.05, 3.63) is 66.0 Å². The number of rotatable bonds is 7. The summed E-state index contributed by atoms with van der Waals surface area (Å²) in [5.41, 5.74) is 3.91. The molecule has 0 N–H and O–H groups in total. The quantitative estimate of drug-likeness (QED) is 0.638. The van der Waals surface area contributed by atoms with Crippen LogP contribution in [-0.4, -0.2) is 35.1 Å². The van der Waals surface area contributed by atoms with Crippen molar-refractivity contribution in [2.24, 2.45) is 5.41 Å². The van der Waals surface area contributed by atoms with E-state index in [1.54, 1.807) is 0 Å². The van der Waals surface area contributed by atoms with Gasteiger partial charge in [0.2, 0.25) is 0 Å². The predicted molar refractivity (Wildman–Crippen MR) is 106 cm³/mol. The zero-order valence-electron chi connectivity index (χ0n) is 15.9. The lowest BCUT2D eigenvalue weighted by atomic mass is 9.92. The van der Waals surface area contributed by atoms with Gasteiger partial charge in [-0.15, -0.1) is 0 Å². The number of aryl methyl sites for hydroxylation is 2. The first-order chi connectivity index (χ1) is 11.9. The van der Waals surface area contributed by atoms with E-state index in [1.165, 1.54) is 16.9 Å². The lowest BCUT2D eigenvalue weighted by molar-refractivity contribution is 0.211. The van der Waals surface area contributed by atoms with Gasteiger partial charge in [-0.05, 0) is 43.6 Å². The Labute approximate surface area is 151 Å². The third-order valence-corrected chi connectivity index (χ3v) is 4.54. The Morgan fingerprint density at radius 1 is 0.920 bits per heavy atom. The van der Waals surface area contributed by atoms with Crippen LogP contribution in [0.5, 0.6) is 0 Å². The maximum absolute atomic E-state index is 4.94. The first-order valence-corrected chi connectivity index (χ1v) is 9.07. The topological polar surface area (TPSA) is 21.1 Å². The Kier molecular flexibility index (Phi) is 5.24. The number of benzene rings is 2. The van der Waals surface area contributed by atoms with Gasteiger partial charge in [0, 0.05) is 19.5 Å². The average molecular weight is 335 g/mol. The summed E-state index contributed by atoms with van der Waals surface area (Å²) in [6.45, 7) is 6.71. The van der Waals surface area contributed by atoms with Crippen LogP contribution >= 0.6 is 0 Å². The van der Waals surface area contributed by atoms with E-state index < -0.39 is 0 Å². The molecule has 2 aromatic carbocycles. The highest BCUT2D eigenvalue weighted by molar-refractivity contribution is 5.75. The summed E-state index contributed by atoms with van der Waals surface area (Å²) in [6, 6.07) is 19.2. The second kappa shape index (κ2) is 7.40. The van der Waals surface area contributed by atoms with E-state index in [2.05, 4.69) is 92.0 Å². The first-order valence-electron chi connectivity index (χ1n) is 9.07. The van der Waals surface area contributed by atoms with Gasteiger partial charge in [-0.3, -0.25) is 0 Å². The van der Waals surface area contributed by atoms with Crippen LogP contribution in [-0.2, 0) is 19.4 Å². The summed E-state index contributed by atoms with van der Waals surface area (Å²) in [7, 11) is 4.29. The third-order valence-electron chi connectivity index (χ3n) is 4.54. The molecular weight excluding hydrogens is 306 g/mol. The van der Waals surface area contributed by atoms with Gasteiger partial charge in [-0.2, -0.15) is 0 Å². The van der Waals surface area contributed by atoms with Crippen molar-refractivity contribution < 1.29 is 0 Å². The van der Waals surface area contributed by atoms with Crippen molar-refractivity contribution in [3.63, 3.8) is 0 Å². The van der Waals surface area contributed by atoms with E-state index in [0.29, 0.717) is 0 Å². The molecule has 0 saturated heterocycles. The minimum atomic E-state index is 0.189. The Morgan fingerprint density at radius 3 is 2.32 bits per heavy atom. The number of aromatic nitrogens is 2. The Balaban J connectivity index is 1.89. The number of imidazole rings is 1. The second-order valence-corrected chi connectivity index (χ2v) is 7.99. The van der Waals surface area contributed by atoms with Gasteiger partial charge in [0.15, 0.2) is 0 Å². The third kappa shape index (κ3) is 4.49. The van der Waals surface area contributed by atoms with E-state index in [4.69, 9.17) is 4.98 Å². The standard InChI is InChI=1S/C22H29N3/c1-22(2,16-24(3)4)17-25-20-13-9-8-12-19(20)23-21(25)15-14-18-10-6-5-7-11-18/h5-13H,14-17H2,1-4H3. The molecule has 1 heterocycles. The van der Waals surface area contributed by atoms with E-state index in [9.17, 15) is 0 Å². The molecule has 0 saturated carbocycles. The molecule has 0 unspecified atom stereocenters. The number of para-hydroxylation sites is 2. The molecule has 3 aromatic rings. The normalized spacial score (nSPS) is 12.2. The molecule has 3 heteroatoms. The highest BCUT2D eigenvalue weighted by Gasteiger charge is 2.22. The van der Waals surface area contributed by atoms with Gasteiger partial charge in [0.05, 0.1) is 11.0 Å². The van der Waals surface area contributed by atoms with E-state index in [0.717, 1.165) is 31.4 Å². The molecule has 3 nitrogen and oxygen atoms in total. The number of hydrogen-bond donors (Lipinski definition) is 0. The summed E-state index contributed by atoms with van der Waals surface area (Å²) >= 11 is 0. The van der Waals surface area contributed by atoms with Crippen molar-refractivity contribution in [1.82, 2.24) is 14.5 Å². The zero-order valence-corrected chi connectivity index (χ0v) is 15.9. The maximum Gasteiger partial charge on any atom is 0.110 e. The maximum atomic E-state index is 4.94. The van der Waals surface area contributed by atoms with Gasteiger partial charge in [-0.25, -0.2) is 4.98 Å². The fraction of sp³-hybridized carbons (Fsp3) is 0.409. The van der Waals surface area contributed by atoms with E-state index in [1.807, 2.05) is 0 Å². The molecule has 1 aromatic heterocycles. The lowest BCUT2D eigenvalue weighted by Gasteiger charge is -2.29. The largest absolute Gasteiger partial charge is 0.327 e. The summed E-state index contributed by atoms with van der Waals surface area (Å²) < 4.78 is 2.43. The molecule has 0 atom stereocenters. The summed E-state index contributed by atoms with van der Waals surface area (Å²) in [4.78, 5) is 7.21. The molecule has 3 rings (SSSR count). The van der Waals surface area contributed by atoms with Crippen LogP contribution in [0.15, 0.2) is 54.6 Å². The highest BCUT2D eigenvalue weighted by atomic mass is 15.1. The van der Waals surface area contributed by atoms with E-state index in [-0.39, 0.29) is 5.41 Å². The molecule has 0 bridgehead atoms. The molecule has 25 heavy (non-hydrogen) atoms. The lowest BCUT2D eigenvalue weighted by Crippen LogP contribution is -2.32. The molecule has 0 amide bonds. The molecular formula is C22H29N3. The van der Waals surface area contributed by atoms with Crippen LogP contribution < -0.4 is 0 Å². The van der Waals surface area contributed by atoms with Gasteiger partial charge in [0.25, 0.3) is 0 Å². The summed E-state index contributed by atoms with van der Waals surface area (Å²) in [6.07, 6.45) is 2.00. The molecule has 132 valence electrons. The minimum Gasteiger partial charge on any atom is -0.327 e. The zero-order chi connectivity index (χ0) is 17.9. The van der Waals surface area contributed by atoms with Gasteiger partial charge < -0.3 is 9.47 Å². The van der Waals surface area contributed by atoms with E-state index >= 15 is 0 Å². The molecule has 0 radical (unpaired) electrons. The van der Waals surface area contributed by atoms with Gasteiger partial charge >= 0.3 is 0 Å². The minimum absolute atomic E-state index is 0.189. The highest BCUT2D eigenvalue weighted by Crippen LogP contribution is 2.25. The number of fused-ring (bicyclic) bond motifs is 1. The van der Waals surface area contributed by atoms with Crippen LogP contribution in [0.2, 0.25) is 0 Å². The molecule has 0 aliphatic rings. The van der Waals surface area contributed by atoms with Crippen LogP contribution in [0.3, 0.4) is 0 Å².